The number of carbonyl (C=O) groups is 1. The van der Waals surface area contributed by atoms with Crippen molar-refractivity contribution in [3.63, 3.8) is 0 Å². The van der Waals surface area contributed by atoms with Crippen LogP contribution < -0.4 is 14.8 Å². The van der Waals surface area contributed by atoms with E-state index in [-0.39, 0.29) is 10.7 Å². The van der Waals surface area contributed by atoms with Crippen LogP contribution in [0.2, 0.25) is 0 Å². The Labute approximate surface area is 163 Å². The van der Waals surface area contributed by atoms with Crippen molar-refractivity contribution >= 4 is 27.3 Å². The van der Waals surface area contributed by atoms with Crippen molar-refractivity contribution < 1.29 is 17.9 Å². The number of hydrogen-bond acceptors (Lipinski definition) is 5. The van der Waals surface area contributed by atoms with E-state index >= 15 is 0 Å². The van der Waals surface area contributed by atoms with Gasteiger partial charge in [0.25, 0.3) is 15.9 Å². The van der Waals surface area contributed by atoms with Gasteiger partial charge in [0.15, 0.2) is 10.7 Å². The second-order valence-electron chi connectivity index (χ2n) is 5.95. The Morgan fingerprint density at radius 3 is 2.54 bits per heavy atom. The van der Waals surface area contributed by atoms with E-state index in [9.17, 15) is 13.2 Å². The number of carbonyl (C=O) groups excluding carboxylic acids is 1. The molecule has 0 saturated carbocycles. The van der Waals surface area contributed by atoms with Gasteiger partial charge in [-0.2, -0.15) is 13.5 Å². The van der Waals surface area contributed by atoms with Crippen LogP contribution in [-0.4, -0.2) is 31.1 Å². The maximum Gasteiger partial charge on any atom is 0.278 e. The summed E-state index contributed by atoms with van der Waals surface area (Å²) in [4.78, 5) is 12.3. The van der Waals surface area contributed by atoms with Crippen molar-refractivity contribution in [2.24, 2.45) is 0 Å². The van der Waals surface area contributed by atoms with E-state index < -0.39 is 15.9 Å². The number of amides is 1. The summed E-state index contributed by atoms with van der Waals surface area (Å²) >= 11 is 0. The molecule has 0 unspecified atom stereocenters. The van der Waals surface area contributed by atoms with Gasteiger partial charge in [0.2, 0.25) is 0 Å². The van der Waals surface area contributed by atoms with E-state index in [1.807, 2.05) is 26.0 Å². The molecule has 8 nitrogen and oxygen atoms in total. The van der Waals surface area contributed by atoms with Crippen LogP contribution in [0.15, 0.2) is 59.6 Å². The highest BCUT2D eigenvalue weighted by atomic mass is 32.2. The molecule has 1 aromatic heterocycles. The molecule has 2 aromatic carbocycles. The Bertz CT molecular complexity index is 1080. The molecule has 146 valence electrons. The van der Waals surface area contributed by atoms with Gasteiger partial charge in [-0.15, -0.1) is 0 Å². The molecule has 1 heterocycles. The normalized spacial score (nSPS) is 11.1. The van der Waals surface area contributed by atoms with Crippen molar-refractivity contribution in [2.45, 2.75) is 18.9 Å². The maximum atomic E-state index is 12.5. The van der Waals surface area contributed by atoms with Gasteiger partial charge in [-0.05, 0) is 49.7 Å². The summed E-state index contributed by atoms with van der Waals surface area (Å²) in [5, 5.41) is 8.70. The molecule has 0 saturated heterocycles. The number of benzene rings is 2. The second kappa shape index (κ2) is 8.13. The largest absolute Gasteiger partial charge is 0.494 e. The fourth-order valence-electron chi connectivity index (χ4n) is 2.45. The first-order valence-electron chi connectivity index (χ1n) is 8.57. The molecular weight excluding hydrogens is 380 g/mol. The molecule has 0 spiro atoms. The van der Waals surface area contributed by atoms with Crippen LogP contribution in [0.1, 0.15) is 23.0 Å². The lowest BCUT2D eigenvalue weighted by Gasteiger charge is -2.07. The Hall–Kier alpha value is -3.33. The zero-order valence-electron chi connectivity index (χ0n) is 15.4. The number of sulfonamides is 1. The summed E-state index contributed by atoms with van der Waals surface area (Å²) in [6, 6.07) is 15.0. The Kier molecular flexibility index (Phi) is 5.65. The first-order valence-corrected chi connectivity index (χ1v) is 10.1. The molecule has 1 amide bonds. The number of H-pyrrole nitrogens is 1. The number of hydrogen-bond donors (Lipinski definition) is 3. The fourth-order valence-corrected chi connectivity index (χ4v) is 3.44. The molecule has 0 radical (unpaired) electrons. The van der Waals surface area contributed by atoms with E-state index in [1.165, 1.54) is 6.07 Å². The smallest absolute Gasteiger partial charge is 0.278 e. The van der Waals surface area contributed by atoms with Crippen LogP contribution >= 0.6 is 0 Å². The topological polar surface area (TPSA) is 113 Å². The molecule has 3 N–H and O–H groups in total. The van der Waals surface area contributed by atoms with Crippen LogP contribution in [0.25, 0.3) is 0 Å². The highest BCUT2D eigenvalue weighted by Gasteiger charge is 2.20. The van der Waals surface area contributed by atoms with Crippen molar-refractivity contribution in [1.29, 1.82) is 0 Å². The third kappa shape index (κ3) is 4.49. The van der Waals surface area contributed by atoms with Crippen molar-refractivity contribution in [1.82, 2.24) is 10.2 Å². The minimum Gasteiger partial charge on any atom is -0.494 e. The average molecular weight is 400 g/mol. The molecule has 0 aliphatic carbocycles. The summed E-state index contributed by atoms with van der Waals surface area (Å²) in [5.74, 6) is 0.134. The van der Waals surface area contributed by atoms with Gasteiger partial charge in [-0.25, -0.2) is 0 Å². The maximum absolute atomic E-state index is 12.5. The number of nitrogens with zero attached hydrogens (tertiary/aromatic N) is 1. The van der Waals surface area contributed by atoms with Crippen LogP contribution in [0.5, 0.6) is 5.75 Å². The number of para-hydroxylation sites is 1. The lowest BCUT2D eigenvalue weighted by molar-refractivity contribution is 0.102. The average Bonchev–Trinajstić information content (AvgIpc) is 3.17. The zero-order valence-corrected chi connectivity index (χ0v) is 16.2. The monoisotopic (exact) mass is 400 g/mol. The number of anilines is 2. The highest BCUT2D eigenvalue weighted by molar-refractivity contribution is 7.92. The number of rotatable bonds is 7. The third-order valence-corrected chi connectivity index (χ3v) is 5.18. The van der Waals surface area contributed by atoms with Gasteiger partial charge in [-0.3, -0.25) is 14.6 Å². The summed E-state index contributed by atoms with van der Waals surface area (Å²) in [5.41, 5.74) is 1.85. The van der Waals surface area contributed by atoms with Gasteiger partial charge >= 0.3 is 0 Å². The van der Waals surface area contributed by atoms with Crippen LogP contribution in [-0.2, 0) is 10.0 Å². The molecule has 0 bridgehead atoms. The Morgan fingerprint density at radius 2 is 1.86 bits per heavy atom. The SMILES string of the molecule is CCOc1ccc(NS(=O)(=O)c2cc(C(=O)Nc3ccccc3C)n[nH]2)cc1. The molecule has 0 aliphatic rings. The van der Waals surface area contributed by atoms with Crippen LogP contribution in [0, 0.1) is 6.92 Å². The van der Waals surface area contributed by atoms with E-state index in [1.54, 1.807) is 36.4 Å². The number of nitrogens with one attached hydrogen (secondary N) is 3. The molecule has 0 atom stereocenters. The molecule has 0 fully saturated rings. The summed E-state index contributed by atoms with van der Waals surface area (Å²) < 4.78 is 32.8. The van der Waals surface area contributed by atoms with Crippen molar-refractivity contribution in [2.75, 3.05) is 16.6 Å². The molecule has 28 heavy (non-hydrogen) atoms. The standard InChI is InChI=1S/C19H20N4O4S/c1-3-27-15-10-8-14(9-11-15)23-28(25,26)18-12-17(21-22-18)19(24)20-16-7-5-4-6-13(16)2/h4-12,23H,3H2,1-2H3,(H,20,24)(H,21,22). The van der Waals surface area contributed by atoms with Gasteiger partial charge in [0.1, 0.15) is 5.75 Å². The third-order valence-electron chi connectivity index (χ3n) is 3.89. The first-order chi connectivity index (χ1) is 13.4. The fraction of sp³-hybridized carbons (Fsp3) is 0.158. The van der Waals surface area contributed by atoms with Crippen molar-refractivity contribution in [3.8, 4) is 5.75 Å². The minimum absolute atomic E-state index is 0.0321. The van der Waals surface area contributed by atoms with E-state index in [0.29, 0.717) is 23.7 Å². The summed E-state index contributed by atoms with van der Waals surface area (Å²) in [6.07, 6.45) is 0. The van der Waals surface area contributed by atoms with Crippen molar-refractivity contribution in [3.05, 3.63) is 65.9 Å². The van der Waals surface area contributed by atoms with Gasteiger partial charge in [-0.1, -0.05) is 18.2 Å². The summed E-state index contributed by atoms with van der Waals surface area (Å²) in [7, 11) is -3.92. The molecule has 3 rings (SSSR count). The second-order valence-corrected chi connectivity index (χ2v) is 7.60. The van der Waals surface area contributed by atoms with Gasteiger partial charge in [0.05, 0.1) is 6.61 Å². The van der Waals surface area contributed by atoms with E-state index in [0.717, 1.165) is 5.56 Å². The minimum atomic E-state index is -3.92. The Balaban J connectivity index is 1.72. The van der Waals surface area contributed by atoms with E-state index in [2.05, 4.69) is 20.2 Å². The Morgan fingerprint density at radius 1 is 1.14 bits per heavy atom. The van der Waals surface area contributed by atoms with Gasteiger partial charge < -0.3 is 10.1 Å². The predicted octanol–water partition coefficient (Wildman–Crippen LogP) is 3.17. The molecule has 3 aromatic rings. The van der Waals surface area contributed by atoms with Gasteiger partial charge in [0, 0.05) is 17.4 Å². The lowest BCUT2D eigenvalue weighted by atomic mass is 10.2. The highest BCUT2D eigenvalue weighted by Crippen LogP contribution is 2.20. The quantitative estimate of drug-likeness (QED) is 0.564. The van der Waals surface area contributed by atoms with E-state index in [4.69, 9.17) is 4.74 Å². The van der Waals surface area contributed by atoms with Crippen LogP contribution in [0.4, 0.5) is 11.4 Å². The number of ether oxygens (including phenoxy) is 1. The molecule has 0 aliphatic heterocycles. The predicted molar refractivity (Wildman–Crippen MR) is 106 cm³/mol. The molecular formula is C19H20N4O4S. The number of aromatic nitrogens is 2. The number of aromatic amines is 1. The number of aryl methyl sites for hydroxylation is 1. The lowest BCUT2D eigenvalue weighted by Crippen LogP contribution is -2.14. The summed E-state index contributed by atoms with van der Waals surface area (Å²) in [6.45, 7) is 4.24. The zero-order chi connectivity index (χ0) is 20.1. The van der Waals surface area contributed by atoms with Crippen LogP contribution in [0.3, 0.4) is 0 Å². The molecule has 9 heteroatoms. The first kappa shape index (κ1) is 19.4.